The summed E-state index contributed by atoms with van der Waals surface area (Å²) < 4.78 is 83.2. The number of anilines is 1. The van der Waals surface area contributed by atoms with E-state index in [-0.39, 0.29) is 40.7 Å². The number of hydrogen-bond acceptors (Lipinski definition) is 7. The van der Waals surface area contributed by atoms with Crippen LogP contribution < -0.4 is 15.0 Å². The third-order valence-corrected chi connectivity index (χ3v) is 8.39. The fourth-order valence-corrected chi connectivity index (χ4v) is 5.26. The highest BCUT2D eigenvalue weighted by molar-refractivity contribution is 7.91. The van der Waals surface area contributed by atoms with Crippen LogP contribution in [-0.4, -0.2) is 44.3 Å². The number of nitrogens with zero attached hydrogens (tertiary/aromatic N) is 3. The van der Waals surface area contributed by atoms with Crippen molar-refractivity contribution in [2.24, 2.45) is 0 Å². The zero-order valence-corrected chi connectivity index (χ0v) is 22.7. The van der Waals surface area contributed by atoms with Crippen molar-refractivity contribution in [2.45, 2.75) is 43.0 Å². The molecular formula is C28H26F4N4O4S. The standard InChI is InChI=1S/C28H26F4N4O4S/c1-2-41(38,39)23-9-3-18(4-10-23)25(11-13-33)35-27(37)19-15-24(29)26(34-16-19)36-14-12-22(17-36)40-21-7-5-20(6-8-21)28(30,31)32/h3-10,15-16,22,25H,2,11-12,14,17H2,1H3,(H,35,37)/t22?,25-/m1/s1. The molecule has 4 rings (SSSR count). The van der Waals surface area contributed by atoms with E-state index in [4.69, 9.17) is 4.74 Å². The SMILES string of the molecule is CCS(=O)(=O)c1ccc([C@@H](CC#N)NC(=O)c2cnc(N3CCC(Oc4ccc(C(F)(F)F)cc4)C3)c(F)c2)cc1. The van der Waals surface area contributed by atoms with Crippen LogP contribution in [0, 0.1) is 17.1 Å². The first-order valence-electron chi connectivity index (χ1n) is 12.7. The summed E-state index contributed by atoms with van der Waals surface area (Å²) in [4.78, 5) is 18.7. The highest BCUT2D eigenvalue weighted by Gasteiger charge is 2.31. The van der Waals surface area contributed by atoms with E-state index in [0.717, 1.165) is 18.2 Å². The maximum absolute atomic E-state index is 15.0. The van der Waals surface area contributed by atoms with E-state index in [1.54, 1.807) is 4.90 Å². The quantitative estimate of drug-likeness (QED) is 0.346. The first-order chi connectivity index (χ1) is 19.4. The number of halogens is 4. The number of nitrogens with one attached hydrogen (secondary N) is 1. The van der Waals surface area contributed by atoms with Crippen LogP contribution in [0.4, 0.5) is 23.4 Å². The summed E-state index contributed by atoms with van der Waals surface area (Å²) in [6.07, 6.45) is -3.26. The molecule has 1 amide bonds. The summed E-state index contributed by atoms with van der Waals surface area (Å²) in [7, 11) is -3.41. The van der Waals surface area contributed by atoms with Gasteiger partial charge in [-0.15, -0.1) is 0 Å². The van der Waals surface area contributed by atoms with Gasteiger partial charge in [-0.3, -0.25) is 4.79 Å². The molecule has 2 heterocycles. The van der Waals surface area contributed by atoms with E-state index in [1.165, 1.54) is 49.5 Å². The van der Waals surface area contributed by atoms with Gasteiger partial charge in [-0.1, -0.05) is 19.1 Å². The van der Waals surface area contributed by atoms with Crippen molar-refractivity contribution in [2.75, 3.05) is 23.7 Å². The second-order valence-electron chi connectivity index (χ2n) is 9.39. The lowest BCUT2D eigenvalue weighted by molar-refractivity contribution is -0.137. The molecule has 0 spiro atoms. The highest BCUT2D eigenvalue weighted by Crippen LogP contribution is 2.31. The molecule has 8 nitrogen and oxygen atoms in total. The van der Waals surface area contributed by atoms with Crippen molar-refractivity contribution < 1.29 is 35.5 Å². The average Bonchev–Trinajstić information content (AvgIpc) is 3.40. The number of aromatic nitrogens is 1. The Morgan fingerprint density at radius 2 is 1.88 bits per heavy atom. The fourth-order valence-electron chi connectivity index (χ4n) is 4.38. The molecule has 1 aromatic heterocycles. The molecule has 1 N–H and O–H groups in total. The summed E-state index contributed by atoms with van der Waals surface area (Å²) in [6, 6.07) is 12.4. The maximum atomic E-state index is 15.0. The molecule has 13 heteroatoms. The molecule has 0 bridgehead atoms. The molecule has 3 aromatic rings. The number of amides is 1. The van der Waals surface area contributed by atoms with Crippen molar-refractivity contribution in [3.05, 3.63) is 83.3 Å². The van der Waals surface area contributed by atoms with E-state index in [0.29, 0.717) is 18.5 Å². The van der Waals surface area contributed by atoms with Crippen molar-refractivity contribution in [3.63, 3.8) is 0 Å². The summed E-state index contributed by atoms with van der Waals surface area (Å²) in [5.74, 6) is -1.22. The molecule has 1 saturated heterocycles. The van der Waals surface area contributed by atoms with Gasteiger partial charge in [0.15, 0.2) is 21.5 Å². The van der Waals surface area contributed by atoms with Gasteiger partial charge in [-0.25, -0.2) is 17.8 Å². The first kappa shape index (κ1) is 29.8. The van der Waals surface area contributed by atoms with Crippen LogP contribution in [0.3, 0.4) is 0 Å². The zero-order valence-electron chi connectivity index (χ0n) is 21.9. The predicted octanol–water partition coefficient (Wildman–Crippen LogP) is 5.08. The highest BCUT2D eigenvalue weighted by atomic mass is 32.2. The monoisotopic (exact) mass is 590 g/mol. The minimum atomic E-state index is -4.45. The second kappa shape index (κ2) is 12.1. The number of ether oxygens (including phenoxy) is 1. The molecule has 0 aliphatic carbocycles. The van der Waals surface area contributed by atoms with Gasteiger partial charge < -0.3 is 15.0 Å². The van der Waals surface area contributed by atoms with E-state index in [1.807, 2.05) is 6.07 Å². The van der Waals surface area contributed by atoms with Crippen LogP contribution in [0.15, 0.2) is 65.7 Å². The predicted molar refractivity (Wildman–Crippen MR) is 141 cm³/mol. The minimum absolute atomic E-state index is 0.00127. The molecule has 1 unspecified atom stereocenters. The van der Waals surface area contributed by atoms with Crippen LogP contribution >= 0.6 is 0 Å². The lowest BCUT2D eigenvalue weighted by atomic mass is 10.0. The molecule has 0 saturated carbocycles. The number of rotatable bonds is 9. The van der Waals surface area contributed by atoms with Crippen LogP contribution in [0.5, 0.6) is 5.75 Å². The topological polar surface area (TPSA) is 112 Å². The number of alkyl halides is 3. The summed E-state index contributed by atoms with van der Waals surface area (Å²) in [5, 5.41) is 11.9. The Hall–Kier alpha value is -4.18. The van der Waals surface area contributed by atoms with Gasteiger partial charge in [0.2, 0.25) is 0 Å². The number of carbonyl (C=O) groups excluding carboxylic acids is 1. The number of carbonyl (C=O) groups is 1. The third-order valence-electron chi connectivity index (χ3n) is 6.64. The van der Waals surface area contributed by atoms with Gasteiger partial charge in [0.1, 0.15) is 11.9 Å². The molecule has 41 heavy (non-hydrogen) atoms. The molecule has 2 aromatic carbocycles. The Morgan fingerprint density at radius 1 is 1.20 bits per heavy atom. The Labute approximate surface area is 234 Å². The van der Waals surface area contributed by atoms with E-state index >= 15 is 4.39 Å². The molecule has 216 valence electrons. The molecule has 0 radical (unpaired) electrons. The van der Waals surface area contributed by atoms with Gasteiger partial charge in [-0.2, -0.15) is 18.4 Å². The van der Waals surface area contributed by atoms with Gasteiger partial charge in [0, 0.05) is 19.2 Å². The second-order valence-corrected chi connectivity index (χ2v) is 11.7. The van der Waals surface area contributed by atoms with E-state index < -0.39 is 45.4 Å². The number of pyridine rings is 1. The summed E-state index contributed by atoms with van der Waals surface area (Å²) >= 11 is 0. The Kier molecular flexibility index (Phi) is 8.82. The van der Waals surface area contributed by atoms with Crippen molar-refractivity contribution >= 4 is 21.6 Å². The third kappa shape index (κ3) is 7.13. The Morgan fingerprint density at radius 3 is 2.46 bits per heavy atom. The van der Waals surface area contributed by atoms with Gasteiger partial charge in [0.25, 0.3) is 5.91 Å². The summed E-state index contributed by atoms with van der Waals surface area (Å²) in [5.41, 5.74) is -0.347. The smallest absolute Gasteiger partial charge is 0.416 e. The van der Waals surface area contributed by atoms with Gasteiger partial charge >= 0.3 is 6.18 Å². The Balaban J connectivity index is 1.40. The van der Waals surface area contributed by atoms with Crippen LogP contribution in [0.1, 0.15) is 47.3 Å². The van der Waals surface area contributed by atoms with Crippen molar-refractivity contribution in [1.82, 2.24) is 10.3 Å². The largest absolute Gasteiger partial charge is 0.489 e. The van der Waals surface area contributed by atoms with Gasteiger partial charge in [0.05, 0.1) is 46.9 Å². The summed E-state index contributed by atoms with van der Waals surface area (Å²) in [6.45, 7) is 2.15. The number of hydrogen-bond donors (Lipinski definition) is 1. The molecular weight excluding hydrogens is 564 g/mol. The van der Waals surface area contributed by atoms with Crippen LogP contribution in [0.25, 0.3) is 0 Å². The van der Waals surface area contributed by atoms with Crippen LogP contribution in [0.2, 0.25) is 0 Å². The minimum Gasteiger partial charge on any atom is -0.489 e. The number of benzene rings is 2. The number of sulfone groups is 1. The van der Waals surface area contributed by atoms with Crippen molar-refractivity contribution in [3.8, 4) is 11.8 Å². The van der Waals surface area contributed by atoms with E-state index in [9.17, 15) is 31.6 Å². The van der Waals surface area contributed by atoms with Crippen molar-refractivity contribution in [1.29, 1.82) is 5.26 Å². The molecule has 1 fully saturated rings. The first-order valence-corrected chi connectivity index (χ1v) is 14.3. The number of nitriles is 1. The molecule has 1 aliphatic rings. The molecule has 2 atom stereocenters. The Bertz CT molecular complexity index is 1540. The normalized spacial score (nSPS) is 16.2. The zero-order chi connectivity index (χ0) is 29.8. The van der Waals surface area contributed by atoms with Crippen LogP contribution in [-0.2, 0) is 16.0 Å². The average molecular weight is 591 g/mol. The maximum Gasteiger partial charge on any atom is 0.416 e. The lowest BCUT2D eigenvalue weighted by Gasteiger charge is -2.20. The van der Waals surface area contributed by atoms with E-state index in [2.05, 4.69) is 10.3 Å². The molecule has 1 aliphatic heterocycles. The fraction of sp³-hybridized carbons (Fsp3) is 0.321. The van der Waals surface area contributed by atoms with Gasteiger partial charge in [-0.05, 0) is 48.0 Å². The lowest BCUT2D eigenvalue weighted by Crippen LogP contribution is -2.29.